The molecule has 2 aromatic rings. The van der Waals surface area contributed by atoms with Crippen molar-refractivity contribution < 1.29 is 14.3 Å². The van der Waals surface area contributed by atoms with E-state index in [4.69, 9.17) is 9.47 Å². The molecule has 1 aliphatic carbocycles. The molecule has 24 heavy (non-hydrogen) atoms. The van der Waals surface area contributed by atoms with Gasteiger partial charge in [0.25, 0.3) is 0 Å². The van der Waals surface area contributed by atoms with Crippen molar-refractivity contribution in [1.29, 1.82) is 0 Å². The number of benzene rings is 2. The summed E-state index contributed by atoms with van der Waals surface area (Å²) in [7, 11) is 0. The molecule has 0 aliphatic heterocycles. The van der Waals surface area contributed by atoms with Crippen molar-refractivity contribution in [2.45, 2.75) is 32.8 Å². The monoisotopic (exact) mass is 322 g/mol. The van der Waals surface area contributed by atoms with E-state index in [9.17, 15) is 4.79 Å². The van der Waals surface area contributed by atoms with Gasteiger partial charge in [0.15, 0.2) is 0 Å². The molecule has 3 rings (SSSR count). The molecule has 0 saturated carbocycles. The van der Waals surface area contributed by atoms with E-state index >= 15 is 0 Å². The highest BCUT2D eigenvalue weighted by atomic mass is 16.5. The smallest absolute Gasteiger partial charge is 0.309 e. The van der Waals surface area contributed by atoms with Crippen LogP contribution in [0.25, 0.3) is 0 Å². The van der Waals surface area contributed by atoms with Crippen molar-refractivity contribution >= 4 is 5.97 Å². The molecule has 3 nitrogen and oxygen atoms in total. The Labute approximate surface area is 142 Å². The Balaban J connectivity index is 1.50. The van der Waals surface area contributed by atoms with E-state index < -0.39 is 0 Å². The first-order valence-electron chi connectivity index (χ1n) is 8.35. The molecule has 0 saturated heterocycles. The standard InChI is InChI=1S/C21H22O3/c1-16-7-11-18(12-8-16)21(22)23-15-17-9-13-20(14-10-17)24-19-5-3-2-4-6-19/h2-7,9-10,13-14,18H,8,11-12,15H2,1H3. The van der Waals surface area contributed by atoms with Crippen molar-refractivity contribution in [3.8, 4) is 11.5 Å². The highest BCUT2D eigenvalue weighted by molar-refractivity contribution is 5.73. The van der Waals surface area contributed by atoms with Gasteiger partial charge in [-0.1, -0.05) is 42.0 Å². The molecule has 0 radical (unpaired) electrons. The summed E-state index contributed by atoms with van der Waals surface area (Å²) in [5.41, 5.74) is 2.33. The van der Waals surface area contributed by atoms with Gasteiger partial charge in [-0.25, -0.2) is 0 Å². The molecule has 3 heteroatoms. The topological polar surface area (TPSA) is 35.5 Å². The molecule has 1 unspecified atom stereocenters. The van der Waals surface area contributed by atoms with Crippen LogP contribution in [0.4, 0.5) is 0 Å². The van der Waals surface area contributed by atoms with Gasteiger partial charge in [-0.15, -0.1) is 0 Å². The third kappa shape index (κ3) is 4.48. The van der Waals surface area contributed by atoms with Gasteiger partial charge in [0.1, 0.15) is 18.1 Å². The Kier molecular flexibility index (Phi) is 5.32. The zero-order valence-electron chi connectivity index (χ0n) is 13.9. The number of allylic oxidation sites excluding steroid dienone is 2. The summed E-state index contributed by atoms with van der Waals surface area (Å²) < 4.78 is 11.2. The number of carbonyl (C=O) groups is 1. The average Bonchev–Trinajstić information content (AvgIpc) is 2.62. The van der Waals surface area contributed by atoms with Gasteiger partial charge in [0, 0.05) is 0 Å². The van der Waals surface area contributed by atoms with Crippen LogP contribution in [-0.4, -0.2) is 5.97 Å². The molecule has 2 aromatic carbocycles. The molecular weight excluding hydrogens is 300 g/mol. The van der Waals surface area contributed by atoms with E-state index in [0.717, 1.165) is 36.3 Å². The lowest BCUT2D eigenvalue weighted by molar-refractivity contribution is -0.150. The fraction of sp³-hybridized carbons (Fsp3) is 0.286. The summed E-state index contributed by atoms with van der Waals surface area (Å²) in [5, 5.41) is 0. The molecule has 0 amide bonds. The molecule has 0 spiro atoms. The molecule has 124 valence electrons. The Morgan fingerprint density at radius 1 is 1.04 bits per heavy atom. The molecule has 0 N–H and O–H groups in total. The summed E-state index contributed by atoms with van der Waals surface area (Å²) in [4.78, 5) is 12.1. The largest absolute Gasteiger partial charge is 0.461 e. The second-order valence-corrected chi connectivity index (χ2v) is 6.19. The van der Waals surface area contributed by atoms with Gasteiger partial charge in [-0.3, -0.25) is 4.79 Å². The molecular formula is C21H22O3. The summed E-state index contributed by atoms with van der Waals surface area (Å²) in [6, 6.07) is 17.3. The number of esters is 1. The minimum absolute atomic E-state index is 0.00869. The average molecular weight is 322 g/mol. The van der Waals surface area contributed by atoms with E-state index in [0.29, 0.717) is 6.61 Å². The minimum atomic E-state index is -0.0941. The zero-order chi connectivity index (χ0) is 16.8. The Hall–Kier alpha value is -2.55. The third-order valence-electron chi connectivity index (χ3n) is 4.25. The first-order valence-corrected chi connectivity index (χ1v) is 8.35. The van der Waals surface area contributed by atoms with Crippen molar-refractivity contribution in [1.82, 2.24) is 0 Å². The molecule has 0 bridgehead atoms. The van der Waals surface area contributed by atoms with Crippen molar-refractivity contribution in [2.24, 2.45) is 5.92 Å². The Bertz CT molecular complexity index is 702. The van der Waals surface area contributed by atoms with Gasteiger partial charge in [-0.2, -0.15) is 0 Å². The van der Waals surface area contributed by atoms with Crippen molar-refractivity contribution in [3.05, 3.63) is 71.8 Å². The Morgan fingerprint density at radius 3 is 2.42 bits per heavy atom. The third-order valence-corrected chi connectivity index (χ3v) is 4.25. The van der Waals surface area contributed by atoms with Crippen LogP contribution in [0.5, 0.6) is 11.5 Å². The SMILES string of the molecule is CC1=CCC(C(=O)OCc2ccc(Oc3ccccc3)cc2)CC1. The highest BCUT2D eigenvalue weighted by Gasteiger charge is 2.21. The van der Waals surface area contributed by atoms with E-state index in [2.05, 4.69) is 13.0 Å². The predicted molar refractivity (Wildman–Crippen MR) is 93.9 cm³/mol. The van der Waals surface area contributed by atoms with E-state index in [-0.39, 0.29) is 11.9 Å². The van der Waals surface area contributed by atoms with Crippen LogP contribution in [0.2, 0.25) is 0 Å². The molecule has 1 atom stereocenters. The molecule has 0 aromatic heterocycles. The van der Waals surface area contributed by atoms with Crippen LogP contribution in [0.15, 0.2) is 66.2 Å². The summed E-state index contributed by atoms with van der Waals surface area (Å²) >= 11 is 0. The predicted octanol–water partition coefficient (Wildman–Crippen LogP) is 5.27. The maximum Gasteiger partial charge on any atom is 0.309 e. The van der Waals surface area contributed by atoms with E-state index in [1.165, 1.54) is 5.57 Å². The van der Waals surface area contributed by atoms with Crippen LogP contribution < -0.4 is 4.74 Å². The second-order valence-electron chi connectivity index (χ2n) is 6.19. The first-order chi connectivity index (χ1) is 11.7. The van der Waals surface area contributed by atoms with Crippen molar-refractivity contribution in [3.63, 3.8) is 0 Å². The van der Waals surface area contributed by atoms with Gasteiger partial charge in [0.05, 0.1) is 5.92 Å². The maximum absolute atomic E-state index is 12.1. The number of carbonyl (C=O) groups excluding carboxylic acids is 1. The Morgan fingerprint density at radius 2 is 1.75 bits per heavy atom. The second kappa shape index (κ2) is 7.82. The summed E-state index contributed by atoms with van der Waals surface area (Å²) in [6.07, 6.45) is 4.83. The highest BCUT2D eigenvalue weighted by Crippen LogP contribution is 2.25. The molecule has 1 aliphatic rings. The lowest BCUT2D eigenvalue weighted by Crippen LogP contribution is -2.19. The van der Waals surface area contributed by atoms with Gasteiger partial charge in [0.2, 0.25) is 0 Å². The molecule has 0 fully saturated rings. The van der Waals surface area contributed by atoms with Crippen LogP contribution in [-0.2, 0) is 16.1 Å². The fourth-order valence-electron chi connectivity index (χ4n) is 2.73. The van der Waals surface area contributed by atoms with Gasteiger partial charge < -0.3 is 9.47 Å². The van der Waals surface area contributed by atoms with E-state index in [1.54, 1.807) is 0 Å². The molecule has 0 heterocycles. The van der Waals surface area contributed by atoms with Gasteiger partial charge in [-0.05, 0) is 56.0 Å². The van der Waals surface area contributed by atoms with Crippen LogP contribution >= 0.6 is 0 Å². The van der Waals surface area contributed by atoms with E-state index in [1.807, 2.05) is 54.6 Å². The van der Waals surface area contributed by atoms with Gasteiger partial charge >= 0.3 is 5.97 Å². The van der Waals surface area contributed by atoms with Crippen LogP contribution in [0, 0.1) is 5.92 Å². The summed E-state index contributed by atoms with van der Waals surface area (Å²) in [5.74, 6) is 1.49. The quantitative estimate of drug-likeness (QED) is 0.556. The van der Waals surface area contributed by atoms with Crippen molar-refractivity contribution in [2.75, 3.05) is 0 Å². The number of ether oxygens (including phenoxy) is 2. The summed E-state index contributed by atoms with van der Waals surface area (Å²) in [6.45, 7) is 2.42. The number of para-hydroxylation sites is 1. The number of hydrogen-bond acceptors (Lipinski definition) is 3. The lowest BCUT2D eigenvalue weighted by atomic mass is 9.90. The first kappa shape index (κ1) is 16.3. The van der Waals surface area contributed by atoms with Crippen LogP contribution in [0.3, 0.4) is 0 Å². The maximum atomic E-state index is 12.1. The normalized spacial score (nSPS) is 17.0. The van der Waals surface area contributed by atoms with Crippen LogP contribution in [0.1, 0.15) is 31.7 Å². The lowest BCUT2D eigenvalue weighted by Gasteiger charge is -2.19. The minimum Gasteiger partial charge on any atom is -0.461 e. The number of hydrogen-bond donors (Lipinski definition) is 0. The number of rotatable bonds is 5. The fourth-order valence-corrected chi connectivity index (χ4v) is 2.73. The zero-order valence-corrected chi connectivity index (χ0v) is 13.9.